The maximum absolute atomic E-state index is 12.6. The van der Waals surface area contributed by atoms with Crippen molar-refractivity contribution < 1.29 is 8.42 Å². The SMILES string of the molecule is Cc1ccc(S(=O)(=O)C2(CN)CCCC2)cc1. The third-order valence-electron chi connectivity index (χ3n) is 3.79. The minimum atomic E-state index is -3.29. The average molecular weight is 253 g/mol. The summed E-state index contributed by atoms with van der Waals surface area (Å²) < 4.78 is 24.5. The lowest BCUT2D eigenvalue weighted by molar-refractivity contribution is 0.515. The topological polar surface area (TPSA) is 60.2 Å². The van der Waals surface area contributed by atoms with Gasteiger partial charge in [-0.3, -0.25) is 0 Å². The summed E-state index contributed by atoms with van der Waals surface area (Å²) in [5, 5.41) is 0. The monoisotopic (exact) mass is 253 g/mol. The Hall–Kier alpha value is -0.870. The van der Waals surface area contributed by atoms with Crippen LogP contribution in [0.15, 0.2) is 29.2 Å². The lowest BCUT2D eigenvalue weighted by Gasteiger charge is -2.27. The summed E-state index contributed by atoms with van der Waals surface area (Å²) in [5.74, 6) is 0. The highest BCUT2D eigenvalue weighted by Gasteiger charge is 2.45. The van der Waals surface area contributed by atoms with Gasteiger partial charge in [0.2, 0.25) is 0 Å². The highest BCUT2D eigenvalue weighted by atomic mass is 32.2. The van der Waals surface area contributed by atoms with Gasteiger partial charge in [0.1, 0.15) is 0 Å². The molecule has 1 saturated carbocycles. The number of aryl methyl sites for hydroxylation is 1. The molecule has 0 aliphatic heterocycles. The molecule has 2 rings (SSSR count). The van der Waals surface area contributed by atoms with E-state index < -0.39 is 14.6 Å². The summed E-state index contributed by atoms with van der Waals surface area (Å²) in [7, 11) is -3.29. The number of sulfone groups is 1. The summed E-state index contributed by atoms with van der Waals surface area (Å²) >= 11 is 0. The van der Waals surface area contributed by atoms with Crippen LogP contribution in [0.3, 0.4) is 0 Å². The van der Waals surface area contributed by atoms with Crippen molar-refractivity contribution >= 4 is 9.84 Å². The van der Waals surface area contributed by atoms with E-state index >= 15 is 0 Å². The molecule has 0 saturated heterocycles. The number of benzene rings is 1. The fourth-order valence-electron chi connectivity index (χ4n) is 2.57. The van der Waals surface area contributed by atoms with Gasteiger partial charge in [-0.05, 0) is 31.9 Å². The van der Waals surface area contributed by atoms with Gasteiger partial charge in [-0.25, -0.2) is 8.42 Å². The van der Waals surface area contributed by atoms with Gasteiger partial charge in [0.15, 0.2) is 9.84 Å². The second-order valence-electron chi connectivity index (χ2n) is 4.91. The molecule has 4 heteroatoms. The Morgan fingerprint density at radius 1 is 1.18 bits per heavy atom. The third-order valence-corrected chi connectivity index (χ3v) is 6.40. The van der Waals surface area contributed by atoms with E-state index in [9.17, 15) is 8.42 Å². The molecule has 1 aromatic carbocycles. The fourth-order valence-corrected chi connectivity index (χ4v) is 4.61. The van der Waals surface area contributed by atoms with Gasteiger partial charge in [0.25, 0.3) is 0 Å². The number of hydrogen-bond donors (Lipinski definition) is 1. The molecular formula is C13H19NO2S. The maximum Gasteiger partial charge on any atom is 0.185 e. The molecule has 0 aromatic heterocycles. The number of rotatable bonds is 3. The Bertz CT molecular complexity index is 485. The van der Waals surface area contributed by atoms with E-state index in [0.29, 0.717) is 17.7 Å². The maximum atomic E-state index is 12.6. The van der Waals surface area contributed by atoms with Crippen molar-refractivity contribution in [2.24, 2.45) is 5.73 Å². The van der Waals surface area contributed by atoms with Crippen molar-refractivity contribution in [2.75, 3.05) is 6.54 Å². The predicted octanol–water partition coefficient (Wildman–Crippen LogP) is 2.04. The number of hydrogen-bond acceptors (Lipinski definition) is 3. The third kappa shape index (κ3) is 2.00. The minimum absolute atomic E-state index is 0.225. The van der Waals surface area contributed by atoms with Crippen LogP contribution in [0.2, 0.25) is 0 Å². The zero-order chi connectivity index (χ0) is 12.5. The zero-order valence-corrected chi connectivity index (χ0v) is 11.0. The van der Waals surface area contributed by atoms with Crippen molar-refractivity contribution in [2.45, 2.75) is 42.2 Å². The van der Waals surface area contributed by atoms with Gasteiger partial charge in [0, 0.05) is 6.54 Å². The molecule has 94 valence electrons. The Morgan fingerprint density at radius 3 is 2.18 bits per heavy atom. The van der Waals surface area contributed by atoms with E-state index in [1.54, 1.807) is 12.1 Å². The highest BCUT2D eigenvalue weighted by Crippen LogP contribution is 2.39. The Kier molecular flexibility index (Phi) is 3.27. The number of nitrogens with two attached hydrogens (primary N) is 1. The second kappa shape index (κ2) is 4.42. The summed E-state index contributed by atoms with van der Waals surface area (Å²) in [6.45, 7) is 2.17. The molecule has 2 N–H and O–H groups in total. The van der Waals surface area contributed by atoms with Crippen molar-refractivity contribution in [1.82, 2.24) is 0 Å². The molecule has 1 aliphatic rings. The largest absolute Gasteiger partial charge is 0.329 e. The predicted molar refractivity (Wildman–Crippen MR) is 68.6 cm³/mol. The lowest BCUT2D eigenvalue weighted by atomic mass is 10.1. The van der Waals surface area contributed by atoms with Crippen LogP contribution in [0, 0.1) is 6.92 Å². The molecule has 0 radical (unpaired) electrons. The Labute approximate surface area is 103 Å². The van der Waals surface area contributed by atoms with Crippen molar-refractivity contribution in [3.63, 3.8) is 0 Å². The van der Waals surface area contributed by atoms with E-state index in [4.69, 9.17) is 5.73 Å². The molecule has 1 fully saturated rings. The molecule has 0 spiro atoms. The lowest BCUT2D eigenvalue weighted by Crippen LogP contribution is -2.43. The molecule has 0 bridgehead atoms. The first-order chi connectivity index (χ1) is 8.02. The second-order valence-corrected chi connectivity index (χ2v) is 7.26. The molecule has 0 atom stereocenters. The van der Waals surface area contributed by atoms with Gasteiger partial charge in [0.05, 0.1) is 9.64 Å². The summed E-state index contributed by atoms with van der Waals surface area (Å²) in [4.78, 5) is 0.412. The molecule has 17 heavy (non-hydrogen) atoms. The summed E-state index contributed by atoms with van der Waals surface area (Å²) in [6.07, 6.45) is 3.31. The van der Waals surface area contributed by atoms with Crippen LogP contribution in [-0.4, -0.2) is 19.7 Å². The van der Waals surface area contributed by atoms with Crippen molar-refractivity contribution in [1.29, 1.82) is 0 Å². The van der Waals surface area contributed by atoms with Crippen LogP contribution in [-0.2, 0) is 9.84 Å². The average Bonchev–Trinajstić information content (AvgIpc) is 2.79. The van der Waals surface area contributed by atoms with E-state index in [-0.39, 0.29) is 6.54 Å². The highest BCUT2D eigenvalue weighted by molar-refractivity contribution is 7.92. The Morgan fingerprint density at radius 2 is 1.71 bits per heavy atom. The van der Waals surface area contributed by atoms with Crippen LogP contribution < -0.4 is 5.73 Å². The standard InChI is InChI=1S/C13H19NO2S/c1-11-4-6-12(7-5-11)17(15,16)13(10-14)8-2-3-9-13/h4-7H,2-3,8-10,14H2,1H3. The van der Waals surface area contributed by atoms with Crippen molar-refractivity contribution in [3.05, 3.63) is 29.8 Å². The Balaban J connectivity index is 2.45. The first kappa shape index (κ1) is 12.6. The van der Waals surface area contributed by atoms with E-state index in [2.05, 4.69) is 0 Å². The van der Waals surface area contributed by atoms with Crippen LogP contribution in [0.4, 0.5) is 0 Å². The quantitative estimate of drug-likeness (QED) is 0.896. The van der Waals surface area contributed by atoms with Crippen LogP contribution in [0.5, 0.6) is 0 Å². The molecule has 0 heterocycles. The first-order valence-electron chi connectivity index (χ1n) is 6.03. The molecule has 1 aliphatic carbocycles. The molecule has 1 aromatic rings. The normalized spacial score (nSPS) is 19.4. The van der Waals surface area contributed by atoms with Crippen LogP contribution in [0.25, 0.3) is 0 Å². The minimum Gasteiger partial charge on any atom is -0.329 e. The van der Waals surface area contributed by atoms with Crippen LogP contribution >= 0.6 is 0 Å². The van der Waals surface area contributed by atoms with Gasteiger partial charge in [-0.2, -0.15) is 0 Å². The summed E-state index contributed by atoms with van der Waals surface area (Å²) in [6, 6.07) is 7.07. The first-order valence-corrected chi connectivity index (χ1v) is 7.52. The van der Waals surface area contributed by atoms with Gasteiger partial charge < -0.3 is 5.73 Å². The van der Waals surface area contributed by atoms with Crippen molar-refractivity contribution in [3.8, 4) is 0 Å². The van der Waals surface area contributed by atoms with Crippen LogP contribution in [0.1, 0.15) is 31.2 Å². The van der Waals surface area contributed by atoms with E-state index in [1.807, 2.05) is 19.1 Å². The van der Waals surface area contributed by atoms with Gasteiger partial charge >= 0.3 is 0 Å². The zero-order valence-electron chi connectivity index (χ0n) is 10.1. The molecular weight excluding hydrogens is 234 g/mol. The van der Waals surface area contributed by atoms with Gasteiger partial charge in [-0.15, -0.1) is 0 Å². The molecule has 3 nitrogen and oxygen atoms in total. The van der Waals surface area contributed by atoms with E-state index in [1.165, 1.54) is 0 Å². The molecule has 0 amide bonds. The summed E-state index contributed by atoms with van der Waals surface area (Å²) in [5.41, 5.74) is 6.81. The van der Waals surface area contributed by atoms with Gasteiger partial charge in [-0.1, -0.05) is 30.5 Å². The molecule has 0 unspecified atom stereocenters. The fraction of sp³-hybridized carbons (Fsp3) is 0.538. The van der Waals surface area contributed by atoms with E-state index in [0.717, 1.165) is 18.4 Å². The smallest absolute Gasteiger partial charge is 0.185 e.